The second kappa shape index (κ2) is 16.7. The van der Waals surface area contributed by atoms with Crippen LogP contribution in [-0.2, 0) is 32.6 Å². The zero-order valence-electron chi connectivity index (χ0n) is 26.6. The van der Waals surface area contributed by atoms with E-state index in [1.165, 1.54) is 17.0 Å². The van der Waals surface area contributed by atoms with Gasteiger partial charge in [0, 0.05) is 19.5 Å². The van der Waals surface area contributed by atoms with Gasteiger partial charge in [0.2, 0.25) is 11.8 Å². The van der Waals surface area contributed by atoms with Crippen LogP contribution in [0.3, 0.4) is 0 Å². The molecular weight excluding hydrogens is 657 g/mol. The van der Waals surface area contributed by atoms with E-state index in [1.54, 1.807) is 67.6 Å². The van der Waals surface area contributed by atoms with Crippen LogP contribution in [0.1, 0.15) is 31.9 Å². The highest BCUT2D eigenvalue weighted by molar-refractivity contribution is 7.92. The molecule has 0 radical (unpaired) electrons. The Labute approximate surface area is 287 Å². The summed E-state index contributed by atoms with van der Waals surface area (Å²) >= 11 is 12.6. The molecule has 0 heterocycles. The molecule has 8 nitrogen and oxygen atoms in total. The summed E-state index contributed by atoms with van der Waals surface area (Å²) in [5.74, 6) is -0.489. The fourth-order valence-corrected chi connectivity index (χ4v) is 6.75. The molecule has 0 spiro atoms. The van der Waals surface area contributed by atoms with Gasteiger partial charge in [0.1, 0.15) is 18.3 Å². The highest BCUT2D eigenvalue weighted by Gasteiger charge is 2.35. The second-order valence-electron chi connectivity index (χ2n) is 11.3. The van der Waals surface area contributed by atoms with Crippen molar-refractivity contribution in [2.75, 3.05) is 24.0 Å². The lowest BCUT2D eigenvalue weighted by atomic mass is 10.0. The molecule has 4 aromatic carbocycles. The Bertz CT molecular complexity index is 1760. The smallest absolute Gasteiger partial charge is 0.264 e. The van der Waals surface area contributed by atoms with Crippen molar-refractivity contribution in [2.24, 2.45) is 5.92 Å². The van der Waals surface area contributed by atoms with Crippen molar-refractivity contribution < 1.29 is 22.7 Å². The third-order valence-corrected chi connectivity index (χ3v) is 9.85. The van der Waals surface area contributed by atoms with Crippen LogP contribution in [0.25, 0.3) is 0 Å². The molecule has 0 saturated carbocycles. The fraction of sp³-hybridized carbons (Fsp3) is 0.278. The van der Waals surface area contributed by atoms with Crippen LogP contribution in [0.2, 0.25) is 10.0 Å². The van der Waals surface area contributed by atoms with Gasteiger partial charge in [0.05, 0.1) is 27.2 Å². The van der Waals surface area contributed by atoms with E-state index < -0.39 is 28.5 Å². The van der Waals surface area contributed by atoms with Crippen LogP contribution in [0.5, 0.6) is 5.75 Å². The highest BCUT2D eigenvalue weighted by Crippen LogP contribution is 2.33. The maximum absolute atomic E-state index is 14.6. The van der Waals surface area contributed by atoms with Crippen LogP contribution in [0.15, 0.2) is 108 Å². The Balaban J connectivity index is 1.84. The monoisotopic (exact) mass is 695 g/mol. The first-order valence-electron chi connectivity index (χ1n) is 15.4. The molecule has 0 bridgehead atoms. The first-order valence-corrected chi connectivity index (χ1v) is 17.6. The molecule has 0 aliphatic carbocycles. The predicted octanol–water partition coefficient (Wildman–Crippen LogP) is 7.00. The molecule has 11 heteroatoms. The summed E-state index contributed by atoms with van der Waals surface area (Å²) in [6.45, 7) is 5.79. The number of hydrogen-bond donors (Lipinski definition) is 1. The molecule has 47 heavy (non-hydrogen) atoms. The van der Waals surface area contributed by atoms with E-state index in [0.29, 0.717) is 27.9 Å². The first kappa shape index (κ1) is 35.8. The van der Waals surface area contributed by atoms with Crippen molar-refractivity contribution in [3.05, 3.63) is 124 Å². The van der Waals surface area contributed by atoms with Crippen LogP contribution >= 0.6 is 23.2 Å². The Hall–Kier alpha value is -4.05. The topological polar surface area (TPSA) is 96.0 Å². The summed E-state index contributed by atoms with van der Waals surface area (Å²) in [6.07, 6.45) is 0.193. The van der Waals surface area contributed by atoms with Gasteiger partial charge in [-0.25, -0.2) is 8.42 Å². The van der Waals surface area contributed by atoms with Crippen molar-refractivity contribution in [3.8, 4) is 5.75 Å². The summed E-state index contributed by atoms with van der Waals surface area (Å²) in [7, 11) is -4.27. The molecule has 0 saturated heterocycles. The van der Waals surface area contributed by atoms with Gasteiger partial charge in [-0.1, -0.05) is 104 Å². The number of halogens is 2. The lowest BCUT2D eigenvalue weighted by Crippen LogP contribution is -2.53. The number of anilines is 1. The number of nitrogens with one attached hydrogen (secondary N) is 1. The third-order valence-electron chi connectivity index (χ3n) is 7.34. The SMILES string of the molecule is CCOc1ccccc1N(CC(=O)N(Cc1ccc(Cl)c(Cl)c1)C(Cc1ccccc1)C(=O)NCC(C)C)S(=O)(=O)c1ccccc1. The van der Waals surface area contributed by atoms with Gasteiger partial charge in [0.25, 0.3) is 10.0 Å². The molecular formula is C36H39Cl2N3O5S. The number of amides is 2. The van der Waals surface area contributed by atoms with Gasteiger partial charge in [0.15, 0.2) is 0 Å². The maximum atomic E-state index is 14.6. The molecule has 4 rings (SSSR count). The predicted molar refractivity (Wildman–Crippen MR) is 187 cm³/mol. The van der Waals surface area contributed by atoms with Crippen molar-refractivity contribution in [1.82, 2.24) is 10.2 Å². The summed E-state index contributed by atoms with van der Waals surface area (Å²) in [5, 5.41) is 3.61. The normalized spacial score (nSPS) is 12.0. The van der Waals surface area contributed by atoms with E-state index in [1.807, 2.05) is 44.2 Å². The number of carbonyl (C=O) groups excluding carboxylic acids is 2. The number of nitrogens with zero attached hydrogens (tertiary/aromatic N) is 2. The Morgan fingerprint density at radius 1 is 0.830 bits per heavy atom. The Morgan fingerprint density at radius 3 is 2.11 bits per heavy atom. The van der Waals surface area contributed by atoms with E-state index in [0.717, 1.165) is 9.87 Å². The number of benzene rings is 4. The first-order chi connectivity index (χ1) is 22.5. The standard InChI is InChI=1S/C36H39Cl2N3O5S/c1-4-46-34-18-12-11-17-32(34)41(47(44,45)29-15-9-6-10-16-29)25-35(42)40(24-28-19-20-30(37)31(38)21-28)33(36(43)39-23-26(2)3)22-27-13-7-5-8-14-27/h5-21,26,33H,4,22-25H2,1-3H3,(H,39,43). The minimum Gasteiger partial charge on any atom is -0.492 e. The van der Waals surface area contributed by atoms with Gasteiger partial charge in [-0.2, -0.15) is 0 Å². The molecule has 1 N–H and O–H groups in total. The molecule has 1 unspecified atom stereocenters. The largest absolute Gasteiger partial charge is 0.492 e. The lowest BCUT2D eigenvalue weighted by Gasteiger charge is -2.34. The minimum absolute atomic E-state index is 0.00523. The number of para-hydroxylation sites is 2. The number of hydrogen-bond acceptors (Lipinski definition) is 5. The van der Waals surface area contributed by atoms with Gasteiger partial charge in [-0.05, 0) is 60.4 Å². The van der Waals surface area contributed by atoms with E-state index >= 15 is 0 Å². The fourth-order valence-electron chi connectivity index (χ4n) is 4.98. The van der Waals surface area contributed by atoms with E-state index in [-0.39, 0.29) is 42.0 Å². The van der Waals surface area contributed by atoms with E-state index in [2.05, 4.69) is 5.32 Å². The summed E-state index contributed by atoms with van der Waals surface area (Å²) < 4.78 is 35.3. The van der Waals surface area contributed by atoms with Gasteiger partial charge < -0.3 is 15.0 Å². The maximum Gasteiger partial charge on any atom is 0.264 e. The molecule has 0 fully saturated rings. The van der Waals surface area contributed by atoms with Crippen LogP contribution in [0, 0.1) is 5.92 Å². The van der Waals surface area contributed by atoms with Crippen molar-refractivity contribution >= 4 is 50.7 Å². The Kier molecular flexibility index (Phi) is 12.7. The molecule has 0 aromatic heterocycles. The highest BCUT2D eigenvalue weighted by atomic mass is 35.5. The van der Waals surface area contributed by atoms with Crippen LogP contribution in [-0.4, -0.2) is 50.9 Å². The number of rotatable bonds is 15. The molecule has 2 amide bonds. The minimum atomic E-state index is -4.27. The summed E-state index contributed by atoms with van der Waals surface area (Å²) in [5.41, 5.74) is 1.65. The van der Waals surface area contributed by atoms with Crippen LogP contribution < -0.4 is 14.4 Å². The zero-order valence-corrected chi connectivity index (χ0v) is 28.9. The van der Waals surface area contributed by atoms with Crippen molar-refractivity contribution in [3.63, 3.8) is 0 Å². The molecule has 4 aromatic rings. The van der Waals surface area contributed by atoms with E-state index in [9.17, 15) is 18.0 Å². The lowest BCUT2D eigenvalue weighted by molar-refractivity contribution is -0.140. The molecule has 0 aliphatic rings. The van der Waals surface area contributed by atoms with Crippen molar-refractivity contribution in [2.45, 2.75) is 44.7 Å². The third kappa shape index (κ3) is 9.50. The molecule has 248 valence electrons. The van der Waals surface area contributed by atoms with Crippen LogP contribution in [0.4, 0.5) is 5.69 Å². The van der Waals surface area contributed by atoms with Gasteiger partial charge in [-0.15, -0.1) is 0 Å². The average Bonchev–Trinajstić information content (AvgIpc) is 3.07. The zero-order chi connectivity index (χ0) is 34.0. The number of sulfonamides is 1. The number of carbonyl (C=O) groups is 2. The number of ether oxygens (including phenoxy) is 1. The summed E-state index contributed by atoms with van der Waals surface area (Å²) in [6, 6.07) is 27.9. The molecule has 1 atom stereocenters. The summed E-state index contributed by atoms with van der Waals surface area (Å²) in [4.78, 5) is 30.0. The van der Waals surface area contributed by atoms with Gasteiger partial charge >= 0.3 is 0 Å². The van der Waals surface area contributed by atoms with Gasteiger partial charge in [-0.3, -0.25) is 13.9 Å². The van der Waals surface area contributed by atoms with Crippen molar-refractivity contribution in [1.29, 1.82) is 0 Å². The molecule has 0 aliphatic heterocycles. The Morgan fingerprint density at radius 2 is 1.47 bits per heavy atom. The quantitative estimate of drug-likeness (QED) is 0.145. The average molecular weight is 697 g/mol. The second-order valence-corrected chi connectivity index (χ2v) is 14.0. The van der Waals surface area contributed by atoms with E-state index in [4.69, 9.17) is 27.9 Å².